The summed E-state index contributed by atoms with van der Waals surface area (Å²) in [7, 11) is -4.05. The van der Waals surface area contributed by atoms with Gasteiger partial charge in [0.25, 0.3) is 10.0 Å². The second-order valence-electron chi connectivity index (χ2n) is 7.79. The fourth-order valence-electron chi connectivity index (χ4n) is 3.45. The van der Waals surface area contributed by atoms with Crippen LogP contribution in [-0.2, 0) is 32.6 Å². The van der Waals surface area contributed by atoms with Crippen molar-refractivity contribution in [3.63, 3.8) is 0 Å². The van der Waals surface area contributed by atoms with E-state index in [4.69, 9.17) is 16.3 Å². The standard InChI is InChI=1S/C26H27ClN2O5S/c1-3-20-10-12-23(13-11-20)35(32,33)29(25-9-5-8-24(27)19(25)2)18-26(31)28-17-21-6-4-7-22(16-21)34-15-14-30/h4-14,16H,3,15,17-18H2,1-2H3,(H,28,31). The number of hydrogen-bond donors (Lipinski definition) is 1. The van der Waals surface area contributed by atoms with Crippen LogP contribution in [0.4, 0.5) is 5.69 Å². The Morgan fingerprint density at radius 2 is 1.77 bits per heavy atom. The Balaban J connectivity index is 1.85. The number of nitrogens with one attached hydrogen (secondary N) is 1. The number of anilines is 1. The Morgan fingerprint density at radius 3 is 2.46 bits per heavy atom. The molecule has 0 atom stereocenters. The van der Waals surface area contributed by atoms with Crippen molar-refractivity contribution in [2.75, 3.05) is 17.5 Å². The van der Waals surface area contributed by atoms with E-state index in [0.717, 1.165) is 21.9 Å². The first-order valence-corrected chi connectivity index (χ1v) is 12.9. The zero-order valence-corrected chi connectivity index (χ0v) is 21.1. The summed E-state index contributed by atoms with van der Waals surface area (Å²) in [5, 5.41) is 3.15. The molecule has 0 unspecified atom stereocenters. The second-order valence-corrected chi connectivity index (χ2v) is 10.1. The number of aldehydes is 1. The molecule has 1 amide bonds. The SMILES string of the molecule is CCc1ccc(S(=O)(=O)N(CC(=O)NCc2cccc(OCC=O)c2)c2cccc(Cl)c2C)cc1. The van der Waals surface area contributed by atoms with Gasteiger partial charge in [-0.05, 0) is 66.4 Å². The fourth-order valence-corrected chi connectivity index (χ4v) is 5.10. The van der Waals surface area contributed by atoms with E-state index in [2.05, 4.69) is 5.32 Å². The van der Waals surface area contributed by atoms with E-state index in [1.54, 1.807) is 73.7 Å². The third kappa shape index (κ3) is 6.61. The number of nitrogens with zero attached hydrogens (tertiary/aromatic N) is 1. The molecule has 0 fully saturated rings. The van der Waals surface area contributed by atoms with Crippen LogP contribution in [0.1, 0.15) is 23.6 Å². The predicted octanol–water partition coefficient (Wildman–Crippen LogP) is 4.30. The average molecular weight is 515 g/mol. The second kappa shape index (κ2) is 11.9. The molecule has 7 nitrogen and oxygen atoms in total. The van der Waals surface area contributed by atoms with Gasteiger partial charge < -0.3 is 10.1 Å². The summed E-state index contributed by atoms with van der Waals surface area (Å²) >= 11 is 6.27. The largest absolute Gasteiger partial charge is 0.486 e. The van der Waals surface area contributed by atoms with Crippen LogP contribution < -0.4 is 14.4 Å². The van der Waals surface area contributed by atoms with E-state index >= 15 is 0 Å². The summed E-state index contributed by atoms with van der Waals surface area (Å²) in [4.78, 5) is 23.5. The lowest BCUT2D eigenvalue weighted by Crippen LogP contribution is -2.41. The lowest BCUT2D eigenvalue weighted by Gasteiger charge is -2.26. The number of carbonyl (C=O) groups is 2. The molecule has 0 aromatic heterocycles. The normalized spacial score (nSPS) is 11.1. The van der Waals surface area contributed by atoms with Crippen LogP contribution in [0, 0.1) is 6.92 Å². The average Bonchev–Trinajstić information content (AvgIpc) is 2.87. The van der Waals surface area contributed by atoms with Gasteiger partial charge in [0, 0.05) is 11.6 Å². The molecule has 0 saturated heterocycles. The first-order chi connectivity index (χ1) is 16.8. The number of carbonyl (C=O) groups excluding carboxylic acids is 2. The maximum Gasteiger partial charge on any atom is 0.264 e. The van der Waals surface area contributed by atoms with Gasteiger partial charge in [-0.25, -0.2) is 8.42 Å². The van der Waals surface area contributed by atoms with Crippen molar-refractivity contribution < 1.29 is 22.7 Å². The van der Waals surface area contributed by atoms with Crippen LogP contribution in [0.2, 0.25) is 5.02 Å². The van der Waals surface area contributed by atoms with Gasteiger partial charge in [0.05, 0.1) is 10.6 Å². The van der Waals surface area contributed by atoms with Gasteiger partial charge in [0.2, 0.25) is 5.91 Å². The summed E-state index contributed by atoms with van der Waals surface area (Å²) in [6, 6.07) is 18.5. The Hall–Kier alpha value is -3.36. The van der Waals surface area contributed by atoms with Gasteiger partial charge in [-0.1, -0.05) is 48.9 Å². The number of halogens is 1. The third-order valence-corrected chi connectivity index (χ3v) is 7.60. The minimum atomic E-state index is -4.05. The molecule has 35 heavy (non-hydrogen) atoms. The summed E-state index contributed by atoms with van der Waals surface area (Å²) < 4.78 is 33.6. The van der Waals surface area contributed by atoms with Gasteiger partial charge in [0.15, 0.2) is 6.29 Å². The highest BCUT2D eigenvalue weighted by molar-refractivity contribution is 7.92. The molecule has 0 aliphatic carbocycles. The molecule has 3 aromatic carbocycles. The van der Waals surface area contributed by atoms with Crippen molar-refractivity contribution in [3.8, 4) is 5.75 Å². The Bertz CT molecular complexity index is 1290. The molecule has 3 rings (SSSR count). The first-order valence-electron chi connectivity index (χ1n) is 11.0. The molecule has 0 spiro atoms. The lowest BCUT2D eigenvalue weighted by atomic mass is 10.2. The molecule has 184 valence electrons. The Morgan fingerprint density at radius 1 is 1.06 bits per heavy atom. The summed E-state index contributed by atoms with van der Waals surface area (Å²) in [5.74, 6) is 0.00970. The number of sulfonamides is 1. The fraction of sp³-hybridized carbons (Fsp3) is 0.231. The molecule has 0 bridgehead atoms. The zero-order valence-electron chi connectivity index (χ0n) is 19.5. The van der Waals surface area contributed by atoms with Crippen molar-refractivity contribution >= 4 is 39.5 Å². The van der Waals surface area contributed by atoms with E-state index in [9.17, 15) is 18.0 Å². The van der Waals surface area contributed by atoms with Crippen molar-refractivity contribution in [1.29, 1.82) is 0 Å². The Kier molecular flexibility index (Phi) is 8.89. The van der Waals surface area contributed by atoms with Crippen LogP contribution >= 0.6 is 11.6 Å². The number of amides is 1. The van der Waals surface area contributed by atoms with Gasteiger partial charge in [-0.2, -0.15) is 0 Å². The van der Waals surface area contributed by atoms with Crippen molar-refractivity contribution in [1.82, 2.24) is 5.32 Å². The van der Waals surface area contributed by atoms with Crippen LogP contribution in [0.15, 0.2) is 71.6 Å². The Labute approximate surface area is 210 Å². The summed E-state index contributed by atoms with van der Waals surface area (Å²) in [5.41, 5.74) is 2.63. The molecule has 0 radical (unpaired) electrons. The van der Waals surface area contributed by atoms with E-state index in [-0.39, 0.29) is 18.0 Å². The minimum absolute atomic E-state index is 0.0686. The molecule has 0 heterocycles. The van der Waals surface area contributed by atoms with Gasteiger partial charge >= 0.3 is 0 Å². The van der Waals surface area contributed by atoms with Crippen molar-refractivity contribution in [2.24, 2.45) is 0 Å². The topological polar surface area (TPSA) is 92.8 Å². The zero-order chi connectivity index (χ0) is 25.4. The number of ether oxygens (including phenoxy) is 1. The van der Waals surface area contributed by atoms with Gasteiger partial charge in [-0.3, -0.25) is 13.9 Å². The summed E-state index contributed by atoms with van der Waals surface area (Å²) in [6.07, 6.45) is 1.43. The number of benzene rings is 3. The minimum Gasteiger partial charge on any atom is -0.486 e. The van der Waals surface area contributed by atoms with E-state index < -0.39 is 22.5 Å². The molecule has 0 saturated carbocycles. The summed E-state index contributed by atoms with van der Waals surface area (Å²) in [6.45, 7) is 3.36. The number of rotatable bonds is 11. The maximum absolute atomic E-state index is 13.6. The van der Waals surface area contributed by atoms with E-state index in [1.807, 2.05) is 6.92 Å². The van der Waals surface area contributed by atoms with Gasteiger partial charge in [0.1, 0.15) is 18.9 Å². The van der Waals surface area contributed by atoms with E-state index in [0.29, 0.717) is 28.3 Å². The van der Waals surface area contributed by atoms with Crippen LogP contribution in [-0.4, -0.2) is 33.8 Å². The molecule has 1 N–H and O–H groups in total. The van der Waals surface area contributed by atoms with Crippen molar-refractivity contribution in [2.45, 2.75) is 31.7 Å². The number of hydrogen-bond acceptors (Lipinski definition) is 5. The van der Waals surface area contributed by atoms with Crippen molar-refractivity contribution in [3.05, 3.63) is 88.4 Å². The molecule has 0 aliphatic heterocycles. The molecule has 0 aliphatic rings. The molecular weight excluding hydrogens is 488 g/mol. The molecule has 9 heteroatoms. The van der Waals surface area contributed by atoms with Gasteiger partial charge in [-0.15, -0.1) is 0 Å². The first kappa shape index (κ1) is 26.2. The van der Waals surface area contributed by atoms with Crippen LogP contribution in [0.3, 0.4) is 0 Å². The smallest absolute Gasteiger partial charge is 0.264 e. The van der Waals surface area contributed by atoms with Crippen LogP contribution in [0.25, 0.3) is 0 Å². The monoisotopic (exact) mass is 514 g/mol. The lowest BCUT2D eigenvalue weighted by molar-refractivity contribution is -0.119. The maximum atomic E-state index is 13.6. The molecule has 3 aromatic rings. The molecular formula is C26H27ClN2O5S. The highest BCUT2D eigenvalue weighted by Crippen LogP contribution is 2.31. The highest BCUT2D eigenvalue weighted by atomic mass is 35.5. The highest BCUT2D eigenvalue weighted by Gasteiger charge is 2.28. The van der Waals surface area contributed by atoms with Crippen LogP contribution in [0.5, 0.6) is 5.75 Å². The predicted molar refractivity (Wildman–Crippen MR) is 136 cm³/mol. The van der Waals surface area contributed by atoms with E-state index in [1.165, 1.54) is 0 Å². The quantitative estimate of drug-likeness (QED) is 0.385. The number of aryl methyl sites for hydroxylation is 1. The third-order valence-electron chi connectivity index (χ3n) is 5.42.